The number of anilines is 1. The van der Waals surface area contributed by atoms with Crippen LogP contribution in [0.2, 0.25) is 5.02 Å². The van der Waals surface area contributed by atoms with Crippen molar-refractivity contribution in [1.29, 1.82) is 0 Å². The van der Waals surface area contributed by atoms with Gasteiger partial charge in [0, 0.05) is 24.2 Å². The van der Waals surface area contributed by atoms with Crippen molar-refractivity contribution in [3.05, 3.63) is 23.2 Å². The molecule has 1 saturated heterocycles. The van der Waals surface area contributed by atoms with Gasteiger partial charge in [-0.3, -0.25) is 4.79 Å². The molecule has 25 heavy (non-hydrogen) atoms. The van der Waals surface area contributed by atoms with Crippen LogP contribution < -0.4 is 10.2 Å². The summed E-state index contributed by atoms with van der Waals surface area (Å²) in [6.07, 6.45) is 8.02. The lowest BCUT2D eigenvalue weighted by atomic mass is 9.93. The van der Waals surface area contributed by atoms with Gasteiger partial charge in [-0.05, 0) is 43.9 Å². The summed E-state index contributed by atoms with van der Waals surface area (Å²) in [6, 6.07) is 6.05. The molecule has 5 nitrogen and oxygen atoms in total. The molecular weight excluding hydrogens is 336 g/mol. The van der Waals surface area contributed by atoms with E-state index in [0.29, 0.717) is 11.1 Å². The number of carbonyl (C=O) groups excluding carboxylic acids is 1. The minimum atomic E-state index is 0.0486. The topological polar surface area (TPSA) is 61.0 Å². The molecular formula is C19H25ClN4O. The Morgan fingerprint density at radius 3 is 2.88 bits per heavy atom. The maximum Gasteiger partial charge on any atom is 0.225 e. The monoisotopic (exact) mass is 360 g/mol. The number of fused-ring (bicyclic) bond motifs is 1. The Morgan fingerprint density at radius 1 is 1.20 bits per heavy atom. The van der Waals surface area contributed by atoms with Gasteiger partial charge >= 0.3 is 0 Å². The molecule has 0 spiro atoms. The zero-order chi connectivity index (χ0) is 17.2. The number of halogens is 1. The summed E-state index contributed by atoms with van der Waals surface area (Å²) in [6.45, 7) is 1.66. The van der Waals surface area contributed by atoms with Gasteiger partial charge in [0.1, 0.15) is 0 Å². The number of aromatic nitrogens is 2. The lowest BCUT2D eigenvalue weighted by molar-refractivity contribution is -0.126. The van der Waals surface area contributed by atoms with Crippen LogP contribution in [0.25, 0.3) is 11.0 Å². The third kappa shape index (κ3) is 3.76. The predicted octanol–water partition coefficient (Wildman–Crippen LogP) is 3.88. The van der Waals surface area contributed by atoms with Gasteiger partial charge in [0.2, 0.25) is 11.9 Å². The zero-order valence-electron chi connectivity index (χ0n) is 14.4. The summed E-state index contributed by atoms with van der Waals surface area (Å²) >= 11 is 6.06. The van der Waals surface area contributed by atoms with E-state index >= 15 is 0 Å². The van der Waals surface area contributed by atoms with E-state index in [1.165, 1.54) is 19.3 Å². The van der Waals surface area contributed by atoms with Crippen molar-refractivity contribution in [2.75, 3.05) is 18.0 Å². The summed E-state index contributed by atoms with van der Waals surface area (Å²) in [4.78, 5) is 22.9. The molecule has 1 atom stereocenters. The smallest absolute Gasteiger partial charge is 0.225 e. The van der Waals surface area contributed by atoms with Gasteiger partial charge < -0.3 is 15.2 Å². The minimum Gasteiger partial charge on any atom is -0.353 e. The molecule has 1 unspecified atom stereocenters. The lowest BCUT2D eigenvalue weighted by Crippen LogP contribution is -2.46. The SMILES string of the molecule is O=C(NC1CCCCC1)C1CCCN(c2nc3ccc(Cl)cc3[nH]2)C1. The fourth-order valence-electron chi connectivity index (χ4n) is 4.07. The number of piperidine rings is 1. The Morgan fingerprint density at radius 2 is 2.04 bits per heavy atom. The quantitative estimate of drug-likeness (QED) is 0.873. The van der Waals surface area contributed by atoms with Crippen molar-refractivity contribution in [2.24, 2.45) is 5.92 Å². The van der Waals surface area contributed by atoms with Crippen LogP contribution in [0.15, 0.2) is 18.2 Å². The highest BCUT2D eigenvalue weighted by molar-refractivity contribution is 6.31. The fourth-order valence-corrected chi connectivity index (χ4v) is 4.24. The molecule has 134 valence electrons. The molecule has 2 heterocycles. The highest BCUT2D eigenvalue weighted by Crippen LogP contribution is 2.26. The number of H-pyrrole nitrogens is 1. The number of hydrogen-bond donors (Lipinski definition) is 2. The summed E-state index contributed by atoms with van der Waals surface area (Å²) in [5.41, 5.74) is 1.85. The van der Waals surface area contributed by atoms with Crippen LogP contribution in [-0.2, 0) is 4.79 Å². The summed E-state index contributed by atoms with van der Waals surface area (Å²) < 4.78 is 0. The summed E-state index contributed by atoms with van der Waals surface area (Å²) in [7, 11) is 0. The van der Waals surface area contributed by atoms with Gasteiger partial charge in [0.25, 0.3) is 0 Å². The van der Waals surface area contributed by atoms with Crippen LogP contribution in [0.1, 0.15) is 44.9 Å². The largest absolute Gasteiger partial charge is 0.353 e. The second-order valence-electron chi connectivity index (χ2n) is 7.35. The molecule has 4 rings (SSSR count). The fraction of sp³-hybridized carbons (Fsp3) is 0.579. The van der Waals surface area contributed by atoms with E-state index < -0.39 is 0 Å². The van der Waals surface area contributed by atoms with Crippen molar-refractivity contribution < 1.29 is 4.79 Å². The van der Waals surface area contributed by atoms with Crippen LogP contribution in [0, 0.1) is 5.92 Å². The van der Waals surface area contributed by atoms with E-state index in [1.54, 1.807) is 0 Å². The van der Waals surface area contributed by atoms with Crippen molar-refractivity contribution in [1.82, 2.24) is 15.3 Å². The second-order valence-corrected chi connectivity index (χ2v) is 7.79. The maximum absolute atomic E-state index is 12.7. The molecule has 1 aromatic carbocycles. The molecule has 1 aliphatic carbocycles. The Balaban J connectivity index is 1.43. The first-order chi connectivity index (χ1) is 12.2. The average Bonchev–Trinajstić information content (AvgIpc) is 3.06. The number of rotatable bonds is 3. The van der Waals surface area contributed by atoms with Crippen molar-refractivity contribution >= 4 is 34.5 Å². The van der Waals surface area contributed by atoms with Crippen LogP contribution in [0.5, 0.6) is 0 Å². The Bertz CT molecular complexity index is 753. The molecule has 0 bridgehead atoms. The first-order valence-electron chi connectivity index (χ1n) is 9.39. The second kappa shape index (κ2) is 7.24. The van der Waals surface area contributed by atoms with Crippen LogP contribution in [-0.4, -0.2) is 35.0 Å². The molecule has 0 radical (unpaired) electrons. The Labute approximate surface area is 153 Å². The molecule has 1 aromatic heterocycles. The lowest BCUT2D eigenvalue weighted by Gasteiger charge is -2.33. The Hall–Kier alpha value is -1.75. The number of imidazole rings is 1. The van der Waals surface area contributed by atoms with Crippen LogP contribution in [0.4, 0.5) is 5.95 Å². The predicted molar refractivity (Wildman–Crippen MR) is 101 cm³/mol. The van der Waals surface area contributed by atoms with E-state index in [0.717, 1.165) is 55.8 Å². The van der Waals surface area contributed by atoms with E-state index in [1.807, 2.05) is 18.2 Å². The van der Waals surface area contributed by atoms with Crippen LogP contribution in [0.3, 0.4) is 0 Å². The average molecular weight is 361 g/mol. The molecule has 1 aliphatic heterocycles. The van der Waals surface area contributed by atoms with Crippen molar-refractivity contribution in [3.8, 4) is 0 Å². The zero-order valence-corrected chi connectivity index (χ0v) is 15.2. The maximum atomic E-state index is 12.7. The standard InChI is InChI=1S/C19H25ClN4O/c20-14-8-9-16-17(11-14)23-19(22-16)24-10-4-5-13(12-24)18(25)21-15-6-2-1-3-7-15/h8-9,11,13,15H,1-7,10,12H2,(H,21,25)(H,22,23). The molecule has 2 N–H and O–H groups in total. The molecule has 6 heteroatoms. The van der Waals surface area contributed by atoms with E-state index in [9.17, 15) is 4.79 Å². The molecule has 2 aromatic rings. The van der Waals surface area contributed by atoms with Crippen LogP contribution >= 0.6 is 11.6 Å². The van der Waals surface area contributed by atoms with Gasteiger partial charge in [-0.2, -0.15) is 0 Å². The first-order valence-corrected chi connectivity index (χ1v) is 9.77. The first kappa shape index (κ1) is 16.7. The third-order valence-electron chi connectivity index (χ3n) is 5.47. The van der Waals surface area contributed by atoms with E-state index in [-0.39, 0.29) is 11.8 Å². The molecule has 2 aliphatic rings. The highest BCUT2D eigenvalue weighted by Gasteiger charge is 2.29. The highest BCUT2D eigenvalue weighted by atomic mass is 35.5. The molecule has 1 saturated carbocycles. The van der Waals surface area contributed by atoms with Gasteiger partial charge in [0.15, 0.2) is 0 Å². The molecule has 2 fully saturated rings. The van der Waals surface area contributed by atoms with E-state index in [2.05, 4.69) is 20.2 Å². The normalized spacial score (nSPS) is 22.3. The van der Waals surface area contributed by atoms with Gasteiger partial charge in [-0.15, -0.1) is 0 Å². The van der Waals surface area contributed by atoms with Crippen molar-refractivity contribution in [3.63, 3.8) is 0 Å². The summed E-state index contributed by atoms with van der Waals surface area (Å²) in [5, 5.41) is 3.98. The summed E-state index contributed by atoms with van der Waals surface area (Å²) in [5.74, 6) is 1.11. The number of nitrogens with zero attached hydrogens (tertiary/aromatic N) is 2. The van der Waals surface area contributed by atoms with Gasteiger partial charge in [-0.1, -0.05) is 30.9 Å². The van der Waals surface area contributed by atoms with E-state index in [4.69, 9.17) is 11.6 Å². The number of amides is 1. The number of aromatic amines is 1. The third-order valence-corrected chi connectivity index (χ3v) is 5.71. The van der Waals surface area contributed by atoms with Gasteiger partial charge in [0.05, 0.1) is 17.0 Å². The number of nitrogens with one attached hydrogen (secondary N) is 2. The number of carbonyl (C=O) groups is 1. The number of benzene rings is 1. The number of hydrogen-bond acceptors (Lipinski definition) is 3. The Kier molecular flexibility index (Phi) is 4.84. The molecule has 1 amide bonds. The van der Waals surface area contributed by atoms with Crippen molar-refractivity contribution in [2.45, 2.75) is 51.0 Å². The minimum absolute atomic E-state index is 0.0486. The van der Waals surface area contributed by atoms with Gasteiger partial charge in [-0.25, -0.2) is 4.98 Å².